The van der Waals surface area contributed by atoms with Gasteiger partial charge in [0.2, 0.25) is 0 Å². The highest BCUT2D eigenvalue weighted by atomic mass is 32.1. The Morgan fingerprint density at radius 3 is 2.41 bits per heavy atom. The van der Waals surface area contributed by atoms with Crippen LogP contribution in [-0.4, -0.2) is 42.5 Å². The summed E-state index contributed by atoms with van der Waals surface area (Å²) in [4.78, 5) is 25.6. The zero-order valence-corrected chi connectivity index (χ0v) is 19.0. The minimum atomic E-state index is -4.56. The van der Waals surface area contributed by atoms with E-state index in [1.807, 2.05) is 0 Å². The van der Waals surface area contributed by atoms with E-state index >= 15 is 0 Å². The first kappa shape index (κ1) is 25.2. The predicted octanol–water partition coefficient (Wildman–Crippen LogP) is 4.30. The summed E-state index contributed by atoms with van der Waals surface area (Å²) in [6.45, 7) is 1.67. The normalized spacial score (nSPS) is 16.3. The lowest BCUT2D eigenvalue weighted by molar-refractivity contribution is -0.141. The number of nitrogens with zero attached hydrogens (tertiary/aromatic N) is 1. The largest absolute Gasteiger partial charge is 0.478 e. The molecule has 0 aliphatic carbocycles. The summed E-state index contributed by atoms with van der Waals surface area (Å²) >= 11 is 5.45. The molecule has 0 bridgehead atoms. The van der Waals surface area contributed by atoms with Crippen LogP contribution in [0.25, 0.3) is 0 Å². The topological polar surface area (TPSA) is 88.1 Å². The summed E-state index contributed by atoms with van der Waals surface area (Å²) in [5.74, 6) is -1.82. The highest BCUT2D eigenvalue weighted by Crippen LogP contribution is 2.37. The van der Waals surface area contributed by atoms with Gasteiger partial charge >= 0.3 is 18.1 Å². The van der Waals surface area contributed by atoms with Gasteiger partial charge in [-0.05, 0) is 55.0 Å². The lowest BCUT2D eigenvalue weighted by Gasteiger charge is -2.37. The fourth-order valence-electron chi connectivity index (χ4n) is 3.50. The Hall–Kier alpha value is -3.44. The quantitative estimate of drug-likeness (QED) is 0.335. The third kappa shape index (κ3) is 5.37. The Bertz CT molecular complexity index is 1130. The van der Waals surface area contributed by atoms with Crippen LogP contribution < -0.4 is 10.2 Å². The number of alkyl halides is 3. The van der Waals surface area contributed by atoms with Crippen LogP contribution in [0.2, 0.25) is 0 Å². The second-order valence-corrected chi connectivity index (χ2v) is 7.71. The molecule has 1 atom stereocenters. The van der Waals surface area contributed by atoms with E-state index in [-0.39, 0.29) is 40.8 Å². The summed E-state index contributed by atoms with van der Waals surface area (Å²) in [7, 11) is 1.45. The Labute approximate surface area is 198 Å². The highest BCUT2D eigenvalue weighted by Gasteiger charge is 2.37. The Kier molecular flexibility index (Phi) is 7.57. The summed E-state index contributed by atoms with van der Waals surface area (Å²) in [5, 5.41) is 12.2. The summed E-state index contributed by atoms with van der Waals surface area (Å²) < 4.78 is 50.0. The third-order valence-corrected chi connectivity index (χ3v) is 5.45. The van der Waals surface area contributed by atoms with Crippen LogP contribution in [-0.2, 0) is 20.4 Å². The fraction of sp³-hybridized carbons (Fsp3) is 0.261. The SMILES string of the molecule is COCCOC(=O)C1=C(C)N(c2cccc(C(F)(F)F)c2)C(=S)NC1c1ccc(C(=O)O)cc1. The number of esters is 1. The first-order chi connectivity index (χ1) is 16.0. The molecule has 0 radical (unpaired) electrons. The van der Waals surface area contributed by atoms with Crippen LogP contribution in [0.5, 0.6) is 0 Å². The molecule has 1 aliphatic rings. The molecule has 0 saturated heterocycles. The van der Waals surface area contributed by atoms with Crippen molar-refractivity contribution in [3.8, 4) is 0 Å². The van der Waals surface area contributed by atoms with Crippen molar-refractivity contribution in [3.05, 3.63) is 76.5 Å². The number of hydrogen-bond acceptors (Lipinski definition) is 5. The van der Waals surface area contributed by atoms with E-state index in [2.05, 4.69) is 5.32 Å². The number of halogens is 3. The van der Waals surface area contributed by atoms with Gasteiger partial charge in [-0.1, -0.05) is 18.2 Å². The molecule has 1 aliphatic heterocycles. The Morgan fingerprint density at radius 1 is 1.15 bits per heavy atom. The van der Waals surface area contributed by atoms with Crippen LogP contribution in [0.4, 0.5) is 18.9 Å². The maximum atomic E-state index is 13.3. The van der Waals surface area contributed by atoms with Gasteiger partial charge in [0.05, 0.1) is 29.3 Å². The molecule has 34 heavy (non-hydrogen) atoms. The molecule has 11 heteroatoms. The second kappa shape index (κ2) is 10.2. The van der Waals surface area contributed by atoms with Gasteiger partial charge in [-0.25, -0.2) is 9.59 Å². The molecule has 3 rings (SSSR count). The minimum absolute atomic E-state index is 0.0369. The predicted molar refractivity (Wildman–Crippen MR) is 121 cm³/mol. The summed E-state index contributed by atoms with van der Waals surface area (Å²) in [6, 6.07) is 9.58. The maximum Gasteiger partial charge on any atom is 0.416 e. The molecule has 2 aromatic rings. The van der Waals surface area contributed by atoms with Crippen molar-refractivity contribution in [1.29, 1.82) is 0 Å². The number of carboxylic acid groups (broad SMARTS) is 1. The number of carbonyl (C=O) groups excluding carboxylic acids is 1. The van der Waals surface area contributed by atoms with Crippen LogP contribution in [0.3, 0.4) is 0 Å². The van der Waals surface area contributed by atoms with Crippen molar-refractivity contribution in [2.24, 2.45) is 0 Å². The van der Waals surface area contributed by atoms with Crippen molar-refractivity contribution in [2.45, 2.75) is 19.1 Å². The van der Waals surface area contributed by atoms with Gasteiger partial charge in [0, 0.05) is 18.5 Å². The first-order valence-corrected chi connectivity index (χ1v) is 10.4. The van der Waals surface area contributed by atoms with Crippen molar-refractivity contribution in [3.63, 3.8) is 0 Å². The molecule has 0 saturated carbocycles. The number of thiocarbonyl (C=S) groups is 1. The smallest absolute Gasteiger partial charge is 0.416 e. The molecule has 2 aromatic carbocycles. The van der Waals surface area contributed by atoms with Gasteiger partial charge in [0.15, 0.2) is 5.11 Å². The van der Waals surface area contributed by atoms with Gasteiger partial charge < -0.3 is 19.9 Å². The number of aromatic carboxylic acids is 1. The number of carboxylic acids is 1. The van der Waals surface area contributed by atoms with E-state index < -0.39 is 29.7 Å². The van der Waals surface area contributed by atoms with Gasteiger partial charge in [0.25, 0.3) is 0 Å². The number of anilines is 1. The molecule has 0 spiro atoms. The lowest BCUT2D eigenvalue weighted by atomic mass is 9.94. The van der Waals surface area contributed by atoms with Crippen molar-refractivity contribution >= 4 is 35.0 Å². The maximum absolute atomic E-state index is 13.3. The molecule has 7 nitrogen and oxygen atoms in total. The summed E-state index contributed by atoms with van der Waals surface area (Å²) in [5.41, 5.74) is 0.220. The second-order valence-electron chi connectivity index (χ2n) is 7.32. The number of methoxy groups -OCH3 is 1. The van der Waals surface area contributed by atoms with E-state index in [0.29, 0.717) is 5.56 Å². The minimum Gasteiger partial charge on any atom is -0.478 e. The number of benzene rings is 2. The van der Waals surface area contributed by atoms with Crippen LogP contribution in [0.1, 0.15) is 34.5 Å². The molecular weight excluding hydrogens is 473 g/mol. The number of hydrogen-bond donors (Lipinski definition) is 2. The molecule has 180 valence electrons. The number of ether oxygens (including phenoxy) is 2. The van der Waals surface area contributed by atoms with Crippen molar-refractivity contribution in [2.75, 3.05) is 25.2 Å². The van der Waals surface area contributed by atoms with E-state index in [1.54, 1.807) is 6.92 Å². The highest BCUT2D eigenvalue weighted by molar-refractivity contribution is 7.80. The average Bonchev–Trinajstić information content (AvgIpc) is 2.78. The fourth-order valence-corrected chi connectivity index (χ4v) is 3.86. The number of carbonyl (C=O) groups is 2. The van der Waals surface area contributed by atoms with Crippen molar-refractivity contribution < 1.29 is 37.3 Å². The average molecular weight is 494 g/mol. The van der Waals surface area contributed by atoms with E-state index in [1.165, 1.54) is 48.4 Å². The zero-order chi connectivity index (χ0) is 25.0. The molecule has 0 fully saturated rings. The molecule has 1 heterocycles. The Balaban J connectivity index is 2.09. The van der Waals surface area contributed by atoms with Gasteiger partial charge in [-0.3, -0.25) is 4.90 Å². The van der Waals surface area contributed by atoms with Crippen LogP contribution in [0.15, 0.2) is 59.8 Å². The first-order valence-electron chi connectivity index (χ1n) is 10.0. The third-order valence-electron chi connectivity index (χ3n) is 5.15. The Morgan fingerprint density at radius 2 is 1.82 bits per heavy atom. The van der Waals surface area contributed by atoms with Gasteiger partial charge in [-0.2, -0.15) is 13.2 Å². The monoisotopic (exact) mass is 494 g/mol. The zero-order valence-electron chi connectivity index (χ0n) is 18.2. The van der Waals surface area contributed by atoms with Crippen LogP contribution in [0, 0.1) is 0 Å². The number of nitrogens with one attached hydrogen (secondary N) is 1. The van der Waals surface area contributed by atoms with Crippen LogP contribution >= 0.6 is 12.2 Å². The summed E-state index contributed by atoms with van der Waals surface area (Å²) in [6.07, 6.45) is -4.56. The molecule has 1 unspecified atom stereocenters. The number of allylic oxidation sites excluding steroid dienone is 1. The van der Waals surface area contributed by atoms with E-state index in [0.717, 1.165) is 12.1 Å². The lowest BCUT2D eigenvalue weighted by Crippen LogP contribution is -2.48. The molecular formula is C23H21F3N2O5S. The van der Waals surface area contributed by atoms with E-state index in [9.17, 15) is 22.8 Å². The van der Waals surface area contributed by atoms with E-state index in [4.69, 9.17) is 26.8 Å². The van der Waals surface area contributed by atoms with Gasteiger partial charge in [-0.15, -0.1) is 0 Å². The van der Waals surface area contributed by atoms with Gasteiger partial charge in [0.1, 0.15) is 6.61 Å². The number of rotatable bonds is 7. The standard InChI is InChI=1S/C23H21F3N2O5S/c1-13-18(21(31)33-11-10-32-2)19(14-6-8-15(9-7-14)20(29)30)27-22(34)28(13)17-5-3-4-16(12-17)23(24,25)26/h3-9,12,19H,10-11H2,1-2H3,(H,27,34)(H,29,30). The molecule has 2 N–H and O–H groups in total. The van der Waals surface area contributed by atoms with Crippen molar-refractivity contribution in [1.82, 2.24) is 5.32 Å². The molecule has 0 amide bonds. The molecule has 0 aromatic heterocycles.